The molecule has 5 nitrogen and oxygen atoms in total. The Morgan fingerprint density at radius 2 is 2.21 bits per heavy atom. The highest BCUT2D eigenvalue weighted by molar-refractivity contribution is 6.04. The zero-order valence-electron chi connectivity index (χ0n) is 13.4. The van der Waals surface area contributed by atoms with Crippen molar-refractivity contribution < 1.29 is 23.5 Å². The van der Waals surface area contributed by atoms with Crippen molar-refractivity contribution in [3.8, 4) is 0 Å². The van der Waals surface area contributed by atoms with Crippen LogP contribution in [-0.2, 0) is 9.63 Å². The molecule has 0 aliphatic carbocycles. The van der Waals surface area contributed by atoms with Gasteiger partial charge in [0.2, 0.25) is 6.10 Å². The van der Waals surface area contributed by atoms with Gasteiger partial charge in [0.15, 0.2) is 0 Å². The van der Waals surface area contributed by atoms with Gasteiger partial charge in [-0.1, -0.05) is 5.16 Å². The molecule has 1 aromatic rings. The third kappa shape index (κ3) is 3.26. The molecule has 0 aromatic heterocycles. The molecule has 3 atom stereocenters. The molecule has 24 heavy (non-hydrogen) atoms. The highest BCUT2D eigenvalue weighted by Gasteiger charge is 2.37. The Hall–Kier alpha value is -2.02. The lowest BCUT2D eigenvalue weighted by Gasteiger charge is -2.38. The maximum atomic E-state index is 13.8. The van der Waals surface area contributed by atoms with Gasteiger partial charge in [0.25, 0.3) is 5.91 Å². The fourth-order valence-electron chi connectivity index (χ4n) is 3.21. The van der Waals surface area contributed by atoms with Crippen molar-refractivity contribution in [1.82, 2.24) is 4.90 Å². The number of nitrogens with zero attached hydrogens (tertiary/aromatic N) is 2. The van der Waals surface area contributed by atoms with Crippen LogP contribution >= 0.6 is 0 Å². The van der Waals surface area contributed by atoms with Gasteiger partial charge in [-0.2, -0.15) is 0 Å². The second kappa shape index (κ2) is 6.84. The minimum absolute atomic E-state index is 0.0187. The summed E-state index contributed by atoms with van der Waals surface area (Å²) >= 11 is 0. The molecule has 0 spiro atoms. The third-order valence-electron chi connectivity index (χ3n) is 4.70. The maximum absolute atomic E-state index is 13.8. The Morgan fingerprint density at radius 1 is 1.42 bits per heavy atom. The molecule has 0 saturated carbocycles. The van der Waals surface area contributed by atoms with Crippen molar-refractivity contribution in [2.24, 2.45) is 11.1 Å². The minimum atomic E-state index is -0.831. The molecule has 3 rings (SSSR count). The lowest BCUT2D eigenvalue weighted by atomic mass is 9.93. The van der Waals surface area contributed by atoms with Crippen molar-refractivity contribution in [2.75, 3.05) is 13.2 Å². The highest BCUT2D eigenvalue weighted by Crippen LogP contribution is 2.26. The van der Waals surface area contributed by atoms with Gasteiger partial charge in [0.1, 0.15) is 11.6 Å². The summed E-state index contributed by atoms with van der Waals surface area (Å²) < 4.78 is 27.2. The standard InChI is InChI=1S/C17H20F2N2O3/c1-10-2-3-11(9-22)8-21(10)17(23)16-7-15(20-24-16)13-6-12(18)4-5-14(13)19/h4-6,10-11,16,22H,2-3,7-9H2,1H3. The molecule has 1 aromatic carbocycles. The summed E-state index contributed by atoms with van der Waals surface area (Å²) in [5.74, 6) is -1.33. The van der Waals surface area contributed by atoms with Gasteiger partial charge in [-0.25, -0.2) is 8.78 Å². The van der Waals surface area contributed by atoms with Crippen LogP contribution in [0.1, 0.15) is 31.7 Å². The Balaban J connectivity index is 1.70. The Morgan fingerprint density at radius 3 is 2.96 bits per heavy atom. The molecule has 2 aliphatic rings. The van der Waals surface area contributed by atoms with Crippen molar-refractivity contribution in [1.29, 1.82) is 0 Å². The van der Waals surface area contributed by atoms with Crippen LogP contribution in [0.15, 0.2) is 23.4 Å². The first-order valence-corrected chi connectivity index (χ1v) is 8.09. The van der Waals surface area contributed by atoms with E-state index >= 15 is 0 Å². The monoisotopic (exact) mass is 338 g/mol. The van der Waals surface area contributed by atoms with Gasteiger partial charge < -0.3 is 14.8 Å². The van der Waals surface area contributed by atoms with Gasteiger partial charge in [-0.05, 0) is 43.9 Å². The number of hydrogen-bond donors (Lipinski definition) is 1. The fraction of sp³-hybridized carbons (Fsp3) is 0.529. The van der Waals surface area contributed by atoms with Crippen LogP contribution in [0.2, 0.25) is 0 Å². The second-order valence-corrected chi connectivity index (χ2v) is 6.43. The van der Waals surface area contributed by atoms with E-state index < -0.39 is 17.7 Å². The highest BCUT2D eigenvalue weighted by atomic mass is 19.1. The quantitative estimate of drug-likeness (QED) is 0.918. The Labute approximate surface area is 138 Å². The smallest absolute Gasteiger partial charge is 0.267 e. The molecule has 130 valence electrons. The van der Waals surface area contributed by atoms with Crippen LogP contribution in [0.4, 0.5) is 8.78 Å². The molecule has 0 bridgehead atoms. The van der Waals surface area contributed by atoms with Crippen LogP contribution in [0.3, 0.4) is 0 Å². The van der Waals surface area contributed by atoms with E-state index in [0.29, 0.717) is 6.54 Å². The Bertz CT molecular complexity index is 665. The predicted molar refractivity (Wildman–Crippen MR) is 83.4 cm³/mol. The number of carbonyl (C=O) groups is 1. The minimum Gasteiger partial charge on any atom is -0.396 e. The molecule has 2 heterocycles. The third-order valence-corrected chi connectivity index (χ3v) is 4.70. The number of aliphatic hydroxyl groups excluding tert-OH is 1. The van der Waals surface area contributed by atoms with Crippen LogP contribution in [0.5, 0.6) is 0 Å². The number of carbonyl (C=O) groups excluding carboxylic acids is 1. The zero-order valence-corrected chi connectivity index (χ0v) is 13.4. The predicted octanol–water partition coefficient (Wildman–Crippen LogP) is 2.08. The average Bonchev–Trinajstić information content (AvgIpc) is 3.06. The SMILES string of the molecule is CC1CCC(CO)CN1C(=O)C1CC(c2cc(F)ccc2F)=NO1. The van der Waals surface area contributed by atoms with E-state index in [9.17, 15) is 18.7 Å². The van der Waals surface area contributed by atoms with E-state index in [1.807, 2.05) is 6.92 Å². The van der Waals surface area contributed by atoms with Crippen LogP contribution < -0.4 is 0 Å². The van der Waals surface area contributed by atoms with Crippen LogP contribution in [0.25, 0.3) is 0 Å². The van der Waals surface area contributed by atoms with Gasteiger partial charge in [-0.15, -0.1) is 0 Å². The number of rotatable bonds is 3. The zero-order chi connectivity index (χ0) is 17.3. The van der Waals surface area contributed by atoms with Crippen molar-refractivity contribution in [2.45, 2.75) is 38.3 Å². The van der Waals surface area contributed by atoms with Gasteiger partial charge in [-0.3, -0.25) is 4.79 Å². The van der Waals surface area contributed by atoms with E-state index in [2.05, 4.69) is 5.16 Å². The topological polar surface area (TPSA) is 62.1 Å². The van der Waals surface area contributed by atoms with Crippen molar-refractivity contribution in [3.05, 3.63) is 35.4 Å². The molecule has 1 amide bonds. The summed E-state index contributed by atoms with van der Waals surface area (Å²) in [7, 11) is 0. The van der Waals surface area contributed by atoms with Crippen LogP contribution in [-0.4, -0.2) is 46.9 Å². The lowest BCUT2D eigenvalue weighted by molar-refractivity contribution is -0.147. The second-order valence-electron chi connectivity index (χ2n) is 6.43. The number of aliphatic hydroxyl groups is 1. The first-order valence-electron chi connectivity index (χ1n) is 8.09. The van der Waals surface area contributed by atoms with Crippen LogP contribution in [0, 0.1) is 17.6 Å². The molecule has 2 aliphatic heterocycles. The van der Waals surface area contributed by atoms with Gasteiger partial charge in [0.05, 0.1) is 5.71 Å². The summed E-state index contributed by atoms with van der Waals surface area (Å²) in [6.07, 6.45) is 0.966. The number of piperidine rings is 1. The van der Waals surface area contributed by atoms with E-state index in [0.717, 1.165) is 31.0 Å². The summed E-state index contributed by atoms with van der Waals surface area (Å²) in [6.45, 7) is 2.47. The van der Waals surface area contributed by atoms with E-state index in [1.54, 1.807) is 4.90 Å². The molecule has 7 heteroatoms. The number of amides is 1. The summed E-state index contributed by atoms with van der Waals surface area (Å²) in [5, 5.41) is 13.1. The number of halogens is 2. The molecule has 1 fully saturated rings. The maximum Gasteiger partial charge on any atom is 0.267 e. The largest absolute Gasteiger partial charge is 0.396 e. The van der Waals surface area contributed by atoms with E-state index in [1.165, 1.54) is 0 Å². The molecule has 1 N–H and O–H groups in total. The van der Waals surface area contributed by atoms with Gasteiger partial charge >= 0.3 is 0 Å². The normalized spacial score (nSPS) is 26.9. The molecular formula is C17H20F2N2O3. The fourth-order valence-corrected chi connectivity index (χ4v) is 3.21. The lowest BCUT2D eigenvalue weighted by Crippen LogP contribution is -2.50. The first kappa shape index (κ1) is 16.8. The van der Waals surface area contributed by atoms with E-state index in [4.69, 9.17) is 4.84 Å². The van der Waals surface area contributed by atoms with E-state index in [-0.39, 0.29) is 42.2 Å². The summed E-state index contributed by atoms with van der Waals surface area (Å²) in [5.41, 5.74) is 0.249. The number of likely N-dealkylation sites (tertiary alicyclic amines) is 1. The molecular weight excluding hydrogens is 318 g/mol. The molecule has 3 unspecified atom stereocenters. The summed E-state index contributed by atoms with van der Waals surface area (Å²) in [6, 6.07) is 3.16. The Kier molecular flexibility index (Phi) is 4.80. The number of benzene rings is 1. The van der Waals surface area contributed by atoms with Crippen molar-refractivity contribution >= 4 is 11.6 Å². The molecule has 0 radical (unpaired) electrons. The summed E-state index contributed by atoms with van der Waals surface area (Å²) in [4.78, 5) is 19.6. The van der Waals surface area contributed by atoms with Gasteiger partial charge in [0, 0.05) is 31.2 Å². The number of oxime groups is 1. The molecule has 1 saturated heterocycles. The first-order chi connectivity index (χ1) is 11.5. The van der Waals surface area contributed by atoms with Crippen molar-refractivity contribution in [3.63, 3.8) is 0 Å². The number of hydrogen-bond acceptors (Lipinski definition) is 4. The average molecular weight is 338 g/mol.